The van der Waals surface area contributed by atoms with Crippen LogP contribution in [-0.2, 0) is 9.53 Å². The lowest BCUT2D eigenvalue weighted by atomic mass is 10.2. The second-order valence-corrected chi connectivity index (χ2v) is 6.94. The highest BCUT2D eigenvalue weighted by atomic mass is 35.5. The summed E-state index contributed by atoms with van der Waals surface area (Å²) in [5.74, 6) is -0.406. The Morgan fingerprint density at radius 2 is 1.90 bits per heavy atom. The number of carbonyl (C=O) groups excluding carboxylic acids is 2. The number of carbonyl (C=O) groups is 2. The zero-order valence-electron chi connectivity index (χ0n) is 16.0. The maximum atomic E-state index is 12.2. The molecule has 1 fully saturated rings. The van der Waals surface area contributed by atoms with Gasteiger partial charge in [-0.3, -0.25) is 4.79 Å². The first-order valence-corrected chi connectivity index (χ1v) is 9.60. The molecule has 1 aromatic carbocycles. The van der Waals surface area contributed by atoms with Gasteiger partial charge in [0.15, 0.2) is 6.61 Å². The molecule has 162 valence electrons. The summed E-state index contributed by atoms with van der Waals surface area (Å²) in [7, 11) is 0. The third-order valence-electron chi connectivity index (χ3n) is 4.38. The Bertz CT molecular complexity index is 710. The van der Waals surface area contributed by atoms with Crippen LogP contribution in [0, 0.1) is 0 Å². The maximum absolute atomic E-state index is 12.2. The van der Waals surface area contributed by atoms with E-state index in [0.717, 1.165) is 38.4 Å². The molecule has 0 radical (unpaired) electrons. The average molecular weight is 437 g/mol. The molecule has 1 aliphatic rings. The molecule has 7 nitrogen and oxygen atoms in total. The molecule has 1 saturated heterocycles. The zero-order chi connectivity index (χ0) is 21.4. The number of piperazine rings is 1. The van der Waals surface area contributed by atoms with E-state index >= 15 is 0 Å². The van der Waals surface area contributed by atoms with Crippen LogP contribution in [-0.4, -0.2) is 69.0 Å². The molecular formula is C18H24ClF3N4O3. The Hall–Kier alpha value is -2.20. The van der Waals surface area contributed by atoms with E-state index in [4.69, 9.17) is 11.6 Å². The van der Waals surface area contributed by atoms with Crippen molar-refractivity contribution in [1.29, 1.82) is 0 Å². The molecule has 29 heavy (non-hydrogen) atoms. The fourth-order valence-electron chi connectivity index (χ4n) is 2.88. The normalized spacial score (nSPS) is 15.1. The van der Waals surface area contributed by atoms with Crippen molar-refractivity contribution in [2.24, 2.45) is 0 Å². The minimum atomic E-state index is -4.60. The Kier molecular flexibility index (Phi) is 8.39. The standard InChI is InChI=1S/C18H24ClF3N4O3/c1-2-25-7-9-26(10-8-25)15-4-3-13(19)11-14(15)24-16(27)5-6-23-17(28)29-12-18(20,21)22/h3-4,11H,2,5-10,12H2,1H3,(H,23,28)(H,24,27). The third-order valence-corrected chi connectivity index (χ3v) is 4.62. The molecule has 0 saturated carbocycles. The lowest BCUT2D eigenvalue weighted by Crippen LogP contribution is -2.46. The number of alkyl carbamates (subject to hydrolysis) is 1. The highest BCUT2D eigenvalue weighted by Gasteiger charge is 2.29. The first-order valence-electron chi connectivity index (χ1n) is 9.22. The van der Waals surface area contributed by atoms with E-state index in [-0.39, 0.29) is 13.0 Å². The molecule has 2 amide bonds. The van der Waals surface area contributed by atoms with Crippen LogP contribution >= 0.6 is 11.6 Å². The Morgan fingerprint density at radius 3 is 2.52 bits per heavy atom. The molecule has 0 aromatic heterocycles. The lowest BCUT2D eigenvalue weighted by molar-refractivity contribution is -0.160. The maximum Gasteiger partial charge on any atom is 0.422 e. The molecule has 2 rings (SSSR count). The van der Waals surface area contributed by atoms with Gasteiger partial charge in [-0.2, -0.15) is 13.2 Å². The number of hydrogen-bond acceptors (Lipinski definition) is 5. The number of hydrogen-bond donors (Lipinski definition) is 2. The summed E-state index contributed by atoms with van der Waals surface area (Å²) in [6.45, 7) is 4.70. The molecule has 2 N–H and O–H groups in total. The van der Waals surface area contributed by atoms with Gasteiger partial charge in [0.25, 0.3) is 0 Å². The van der Waals surface area contributed by atoms with Crippen LogP contribution in [0.2, 0.25) is 5.02 Å². The van der Waals surface area contributed by atoms with Crippen molar-refractivity contribution in [2.75, 3.05) is 56.1 Å². The number of amides is 2. The van der Waals surface area contributed by atoms with Crippen molar-refractivity contribution in [3.63, 3.8) is 0 Å². The van der Waals surface area contributed by atoms with Crippen LogP contribution in [0.25, 0.3) is 0 Å². The van der Waals surface area contributed by atoms with Crippen molar-refractivity contribution in [1.82, 2.24) is 10.2 Å². The Labute approximate surface area is 172 Å². The quantitative estimate of drug-likeness (QED) is 0.687. The molecule has 0 aliphatic carbocycles. The summed E-state index contributed by atoms with van der Waals surface area (Å²) < 4.78 is 40.0. The molecule has 0 atom stereocenters. The van der Waals surface area contributed by atoms with Gasteiger partial charge in [-0.1, -0.05) is 18.5 Å². The number of alkyl halides is 3. The predicted octanol–water partition coefficient (Wildman–Crippen LogP) is 3.10. The first kappa shape index (κ1) is 23.1. The van der Waals surface area contributed by atoms with Crippen LogP contribution in [0.15, 0.2) is 18.2 Å². The number of anilines is 2. The summed E-state index contributed by atoms with van der Waals surface area (Å²) in [6, 6.07) is 5.23. The van der Waals surface area contributed by atoms with Crippen molar-refractivity contribution < 1.29 is 27.5 Å². The van der Waals surface area contributed by atoms with Crippen molar-refractivity contribution in [2.45, 2.75) is 19.5 Å². The van der Waals surface area contributed by atoms with Crippen molar-refractivity contribution in [3.8, 4) is 0 Å². The van der Waals surface area contributed by atoms with Gasteiger partial charge in [-0.25, -0.2) is 4.79 Å². The number of benzene rings is 1. The molecular weight excluding hydrogens is 413 g/mol. The van der Waals surface area contributed by atoms with E-state index in [1.165, 1.54) is 0 Å². The fraction of sp³-hybridized carbons (Fsp3) is 0.556. The van der Waals surface area contributed by atoms with Gasteiger partial charge >= 0.3 is 12.3 Å². The lowest BCUT2D eigenvalue weighted by Gasteiger charge is -2.36. The van der Waals surface area contributed by atoms with E-state index in [9.17, 15) is 22.8 Å². The number of halogens is 4. The van der Waals surface area contributed by atoms with Gasteiger partial charge in [0.05, 0.1) is 11.4 Å². The average Bonchev–Trinajstić information content (AvgIpc) is 2.66. The monoisotopic (exact) mass is 436 g/mol. The Morgan fingerprint density at radius 1 is 1.21 bits per heavy atom. The molecule has 1 aromatic rings. The SMILES string of the molecule is CCN1CCN(c2ccc(Cl)cc2NC(=O)CCNC(=O)OCC(F)(F)F)CC1. The first-order chi connectivity index (χ1) is 13.7. The second kappa shape index (κ2) is 10.5. The van der Waals surface area contributed by atoms with E-state index in [1.807, 2.05) is 6.07 Å². The Balaban J connectivity index is 1.86. The predicted molar refractivity (Wildman–Crippen MR) is 104 cm³/mol. The van der Waals surface area contributed by atoms with Gasteiger partial charge in [0.1, 0.15) is 0 Å². The highest BCUT2D eigenvalue weighted by molar-refractivity contribution is 6.31. The van der Waals surface area contributed by atoms with Crippen LogP contribution in [0.1, 0.15) is 13.3 Å². The van der Waals surface area contributed by atoms with E-state index in [2.05, 4.69) is 32.1 Å². The summed E-state index contributed by atoms with van der Waals surface area (Å²) in [6.07, 6.45) is -5.95. The molecule has 11 heteroatoms. The summed E-state index contributed by atoms with van der Waals surface area (Å²) in [5, 5.41) is 5.32. The van der Waals surface area contributed by atoms with E-state index < -0.39 is 24.8 Å². The van der Waals surface area contributed by atoms with Gasteiger partial charge < -0.3 is 25.2 Å². The number of ether oxygens (including phenoxy) is 1. The molecule has 1 aliphatic heterocycles. The van der Waals surface area contributed by atoms with E-state index in [1.54, 1.807) is 12.1 Å². The molecule has 0 bridgehead atoms. The topological polar surface area (TPSA) is 73.9 Å². The van der Waals surface area contributed by atoms with Crippen LogP contribution in [0.5, 0.6) is 0 Å². The van der Waals surface area contributed by atoms with Crippen LogP contribution < -0.4 is 15.5 Å². The largest absolute Gasteiger partial charge is 0.440 e. The minimum Gasteiger partial charge on any atom is -0.440 e. The van der Waals surface area contributed by atoms with Crippen molar-refractivity contribution in [3.05, 3.63) is 23.2 Å². The molecule has 1 heterocycles. The fourth-order valence-corrected chi connectivity index (χ4v) is 3.05. The van der Waals surface area contributed by atoms with Gasteiger partial charge in [-0.15, -0.1) is 0 Å². The molecule has 0 unspecified atom stereocenters. The zero-order valence-corrected chi connectivity index (χ0v) is 16.8. The van der Waals surface area contributed by atoms with Gasteiger partial charge in [0, 0.05) is 44.2 Å². The number of nitrogens with one attached hydrogen (secondary N) is 2. The van der Waals surface area contributed by atoms with Crippen LogP contribution in [0.4, 0.5) is 29.3 Å². The smallest absolute Gasteiger partial charge is 0.422 e. The third kappa shape index (κ3) is 7.98. The summed E-state index contributed by atoms with van der Waals surface area (Å²) >= 11 is 6.06. The summed E-state index contributed by atoms with van der Waals surface area (Å²) in [5.41, 5.74) is 1.39. The highest BCUT2D eigenvalue weighted by Crippen LogP contribution is 2.30. The minimum absolute atomic E-state index is 0.128. The summed E-state index contributed by atoms with van der Waals surface area (Å²) in [4.78, 5) is 27.9. The van der Waals surface area contributed by atoms with Crippen molar-refractivity contribution >= 4 is 35.0 Å². The van der Waals surface area contributed by atoms with Gasteiger partial charge in [-0.05, 0) is 24.7 Å². The number of rotatable bonds is 7. The molecule has 0 spiro atoms. The number of likely N-dealkylation sites (N-methyl/N-ethyl adjacent to an activating group) is 1. The van der Waals surface area contributed by atoms with Crippen LogP contribution in [0.3, 0.4) is 0 Å². The second-order valence-electron chi connectivity index (χ2n) is 6.50. The van der Waals surface area contributed by atoms with E-state index in [0.29, 0.717) is 10.7 Å². The van der Waals surface area contributed by atoms with Gasteiger partial charge in [0.2, 0.25) is 5.91 Å². The number of nitrogens with zero attached hydrogens (tertiary/aromatic N) is 2.